The average Bonchev–Trinajstić information content (AvgIpc) is 2.72. The van der Waals surface area contributed by atoms with E-state index in [9.17, 15) is 15.0 Å². The minimum Gasteiger partial charge on any atom is -0.486 e. The van der Waals surface area contributed by atoms with Crippen LogP contribution in [0.15, 0.2) is 18.2 Å². The Morgan fingerprint density at radius 2 is 2.29 bits per heavy atom. The number of carboxylic acids is 1. The van der Waals surface area contributed by atoms with E-state index in [1.54, 1.807) is 12.1 Å². The van der Waals surface area contributed by atoms with Crippen LogP contribution in [-0.4, -0.2) is 59.0 Å². The molecule has 154 valence electrons. The molecule has 0 unspecified atom stereocenters. The van der Waals surface area contributed by atoms with Gasteiger partial charge in [-0.1, -0.05) is 0 Å². The molecule has 28 heavy (non-hydrogen) atoms. The number of fused-ring (bicyclic) bond motifs is 1. The molecule has 9 heteroatoms. The van der Waals surface area contributed by atoms with Gasteiger partial charge in [0.2, 0.25) is 5.60 Å². The molecular formula is C19H28N4O5. The normalized spacial score (nSPS) is 26.5. The molecular weight excluding hydrogens is 364 g/mol. The van der Waals surface area contributed by atoms with Crippen molar-refractivity contribution >= 4 is 11.8 Å². The predicted molar refractivity (Wildman–Crippen MR) is 102 cm³/mol. The fourth-order valence-corrected chi connectivity index (χ4v) is 3.76. The molecule has 0 spiro atoms. The second kappa shape index (κ2) is 8.44. The first-order valence-corrected chi connectivity index (χ1v) is 9.48. The zero-order valence-electron chi connectivity index (χ0n) is 15.9. The minimum absolute atomic E-state index is 0.0567. The van der Waals surface area contributed by atoms with Gasteiger partial charge in [-0.2, -0.15) is 0 Å². The van der Waals surface area contributed by atoms with Crippen LogP contribution < -0.4 is 21.3 Å². The van der Waals surface area contributed by atoms with Crippen LogP contribution in [0.4, 0.5) is 0 Å². The summed E-state index contributed by atoms with van der Waals surface area (Å²) in [4.78, 5) is 16.2. The molecule has 0 saturated carbocycles. The first-order chi connectivity index (χ1) is 13.4. The summed E-state index contributed by atoms with van der Waals surface area (Å²) in [5.74, 6) is 4.95. The summed E-state index contributed by atoms with van der Waals surface area (Å²) in [5, 5.41) is 33.6. The molecule has 2 aliphatic heterocycles. The minimum atomic E-state index is -1.62. The van der Waals surface area contributed by atoms with Crippen LogP contribution in [0.3, 0.4) is 0 Å². The van der Waals surface area contributed by atoms with Crippen molar-refractivity contribution in [2.24, 2.45) is 5.90 Å². The number of aliphatic hydroxyl groups is 1. The Labute approximate surface area is 163 Å². The highest BCUT2D eigenvalue weighted by Gasteiger charge is 2.46. The van der Waals surface area contributed by atoms with Crippen LogP contribution >= 0.6 is 0 Å². The Hall–Kier alpha value is -2.20. The number of piperidine rings is 1. The van der Waals surface area contributed by atoms with Crippen LogP contribution in [0.5, 0.6) is 5.75 Å². The Morgan fingerprint density at radius 1 is 1.50 bits per heavy atom. The number of nitrogens with one attached hydrogen (secondary N) is 3. The van der Waals surface area contributed by atoms with Gasteiger partial charge in [-0.3, -0.25) is 10.2 Å². The van der Waals surface area contributed by atoms with Gasteiger partial charge in [-0.25, -0.2) is 10.7 Å². The fraction of sp³-hybridized carbons (Fsp3) is 0.579. The number of carboxylic acid groups (broad SMARTS) is 1. The topological polar surface area (TPSA) is 150 Å². The van der Waals surface area contributed by atoms with Crippen LogP contribution in [0.1, 0.15) is 37.3 Å². The van der Waals surface area contributed by atoms with Gasteiger partial charge in [-0.05, 0) is 62.9 Å². The molecule has 3 rings (SSSR count). The van der Waals surface area contributed by atoms with Crippen molar-refractivity contribution in [3.63, 3.8) is 0 Å². The Bertz CT molecular complexity index is 743. The van der Waals surface area contributed by atoms with Crippen molar-refractivity contribution in [1.82, 2.24) is 10.6 Å². The summed E-state index contributed by atoms with van der Waals surface area (Å²) in [5.41, 5.74) is 0.0441. The van der Waals surface area contributed by atoms with Crippen LogP contribution in [0, 0.1) is 5.41 Å². The van der Waals surface area contributed by atoms with E-state index in [1.165, 1.54) is 6.92 Å². The highest BCUT2D eigenvalue weighted by Crippen LogP contribution is 2.33. The molecule has 0 aromatic heterocycles. The van der Waals surface area contributed by atoms with Gasteiger partial charge < -0.3 is 25.6 Å². The Balaban J connectivity index is 1.68. The number of amidine groups is 1. The third-order valence-corrected chi connectivity index (χ3v) is 5.64. The van der Waals surface area contributed by atoms with Gasteiger partial charge >= 0.3 is 5.97 Å². The lowest BCUT2D eigenvalue weighted by Crippen LogP contribution is -2.54. The van der Waals surface area contributed by atoms with E-state index in [4.69, 9.17) is 20.9 Å². The summed E-state index contributed by atoms with van der Waals surface area (Å²) < 4.78 is 5.85. The fourth-order valence-electron chi connectivity index (χ4n) is 3.76. The van der Waals surface area contributed by atoms with E-state index >= 15 is 0 Å². The van der Waals surface area contributed by atoms with Crippen LogP contribution in [0.2, 0.25) is 0 Å². The largest absolute Gasteiger partial charge is 0.486 e. The number of aliphatic hydroxyl groups excluding tert-OH is 1. The van der Waals surface area contributed by atoms with Gasteiger partial charge in [0.1, 0.15) is 17.7 Å². The summed E-state index contributed by atoms with van der Waals surface area (Å²) in [6.07, 6.45) is 2.01. The molecule has 9 nitrogen and oxygen atoms in total. The zero-order valence-corrected chi connectivity index (χ0v) is 15.9. The van der Waals surface area contributed by atoms with Crippen molar-refractivity contribution in [3.8, 4) is 5.75 Å². The molecule has 0 amide bonds. The lowest BCUT2D eigenvalue weighted by atomic mass is 9.90. The number of aryl methyl sites for hydroxylation is 1. The van der Waals surface area contributed by atoms with E-state index in [0.29, 0.717) is 24.4 Å². The molecule has 0 radical (unpaired) electrons. The molecule has 2 aliphatic rings. The van der Waals surface area contributed by atoms with Crippen molar-refractivity contribution in [2.45, 2.75) is 56.4 Å². The summed E-state index contributed by atoms with van der Waals surface area (Å²) in [6.45, 7) is 2.30. The maximum absolute atomic E-state index is 11.5. The number of ether oxygens (including phenoxy) is 1. The monoisotopic (exact) mass is 392 g/mol. The van der Waals surface area contributed by atoms with Crippen molar-refractivity contribution in [2.75, 3.05) is 13.2 Å². The number of hydrogen-bond acceptors (Lipinski definition) is 7. The Kier molecular flexibility index (Phi) is 6.19. The van der Waals surface area contributed by atoms with E-state index in [2.05, 4.69) is 10.6 Å². The van der Waals surface area contributed by atoms with E-state index in [0.717, 1.165) is 30.5 Å². The second-order valence-corrected chi connectivity index (χ2v) is 7.57. The highest BCUT2D eigenvalue weighted by atomic mass is 16.7. The van der Waals surface area contributed by atoms with Gasteiger partial charge in [0, 0.05) is 17.6 Å². The SMILES string of the molecule is C[C@@](ON)(C(=O)O)[C@H]1CCc2cc(C(=N)N[C@H]3CCN[C@H](CO)C3)ccc2O1. The van der Waals surface area contributed by atoms with E-state index < -0.39 is 17.7 Å². The van der Waals surface area contributed by atoms with Gasteiger partial charge in [0.25, 0.3) is 0 Å². The van der Waals surface area contributed by atoms with E-state index in [1.807, 2.05) is 6.07 Å². The quantitative estimate of drug-likeness (QED) is 0.227. The van der Waals surface area contributed by atoms with Crippen molar-refractivity contribution in [3.05, 3.63) is 29.3 Å². The summed E-state index contributed by atoms with van der Waals surface area (Å²) in [7, 11) is 0. The van der Waals surface area contributed by atoms with Crippen molar-refractivity contribution < 1.29 is 24.6 Å². The third kappa shape index (κ3) is 4.12. The number of benzene rings is 1. The molecule has 7 N–H and O–H groups in total. The molecule has 0 aliphatic carbocycles. The van der Waals surface area contributed by atoms with Crippen LogP contribution in [-0.2, 0) is 16.1 Å². The predicted octanol–water partition coefficient (Wildman–Crippen LogP) is 0.142. The summed E-state index contributed by atoms with van der Waals surface area (Å²) >= 11 is 0. The van der Waals surface area contributed by atoms with E-state index in [-0.39, 0.29) is 18.7 Å². The first-order valence-electron chi connectivity index (χ1n) is 9.48. The molecule has 1 aromatic rings. The Morgan fingerprint density at radius 3 is 2.96 bits per heavy atom. The lowest BCUT2D eigenvalue weighted by molar-refractivity contribution is -0.179. The average molecular weight is 392 g/mol. The van der Waals surface area contributed by atoms with Crippen LogP contribution in [0.25, 0.3) is 0 Å². The molecule has 2 heterocycles. The molecule has 1 saturated heterocycles. The molecule has 1 fully saturated rings. The van der Waals surface area contributed by atoms with Gasteiger partial charge in [0.05, 0.1) is 6.61 Å². The number of rotatable bonds is 6. The van der Waals surface area contributed by atoms with Gasteiger partial charge in [-0.15, -0.1) is 0 Å². The zero-order chi connectivity index (χ0) is 20.3. The smallest absolute Gasteiger partial charge is 0.341 e. The first kappa shape index (κ1) is 20.5. The molecule has 4 atom stereocenters. The number of hydrogen-bond donors (Lipinski definition) is 6. The summed E-state index contributed by atoms with van der Waals surface area (Å²) in [6, 6.07) is 5.63. The second-order valence-electron chi connectivity index (χ2n) is 7.57. The molecule has 1 aromatic carbocycles. The maximum atomic E-state index is 11.5. The van der Waals surface area contributed by atoms with Crippen molar-refractivity contribution in [1.29, 1.82) is 5.41 Å². The standard InChI is InChI=1S/C19H28N4O5/c1-19(28-21,18(25)26)16-5-3-11-8-12(2-4-15(11)27-16)17(20)23-13-6-7-22-14(9-13)10-24/h2,4,8,13-14,16,22,24H,3,5-7,9-10,21H2,1H3,(H2,20,23)(H,25,26)/t13-,14-,16+,19-/m0/s1. The highest BCUT2D eigenvalue weighted by molar-refractivity contribution is 5.97. The number of nitrogens with two attached hydrogens (primary N) is 1. The third-order valence-electron chi connectivity index (χ3n) is 5.64. The molecule has 0 bridgehead atoms. The maximum Gasteiger partial charge on any atom is 0.341 e. The lowest BCUT2D eigenvalue weighted by Gasteiger charge is -2.35. The number of aliphatic carboxylic acids is 1. The van der Waals surface area contributed by atoms with Gasteiger partial charge in [0.15, 0.2) is 0 Å². The number of carbonyl (C=O) groups is 1.